The minimum Gasteiger partial charge on any atom is -0.385 e. The molecule has 0 bridgehead atoms. The Balaban J connectivity index is 2.49. The van der Waals surface area contributed by atoms with Crippen LogP contribution in [-0.4, -0.2) is 75.1 Å². The van der Waals surface area contributed by atoms with Crippen molar-refractivity contribution in [2.24, 2.45) is 5.41 Å². The number of likely N-dealkylation sites (N-methyl/N-ethyl adjacent to an activating group) is 1. The third-order valence-corrected chi connectivity index (χ3v) is 3.70. The lowest BCUT2D eigenvalue weighted by Crippen LogP contribution is -2.54. The van der Waals surface area contributed by atoms with Crippen molar-refractivity contribution < 1.29 is 14.3 Å². The lowest BCUT2D eigenvalue weighted by Gasteiger charge is -2.36. The summed E-state index contributed by atoms with van der Waals surface area (Å²) in [6.45, 7) is 7.62. The number of carbonyl (C=O) groups excluding carboxylic acids is 2. The van der Waals surface area contributed by atoms with Gasteiger partial charge in [-0.1, -0.05) is 0 Å². The largest absolute Gasteiger partial charge is 0.385 e. The average Bonchev–Trinajstić information content (AvgIpc) is 2.43. The molecule has 0 unspecified atom stereocenters. The SMILES string of the molecule is COCCCNC(=O)C(C)(C)C(=O)N1CCN(C)CC1. The van der Waals surface area contributed by atoms with Gasteiger partial charge >= 0.3 is 0 Å². The molecule has 0 aromatic carbocycles. The van der Waals surface area contributed by atoms with E-state index in [9.17, 15) is 9.59 Å². The smallest absolute Gasteiger partial charge is 0.237 e. The number of piperazine rings is 1. The van der Waals surface area contributed by atoms with Crippen molar-refractivity contribution in [2.45, 2.75) is 20.3 Å². The molecule has 1 rings (SSSR count). The number of carbonyl (C=O) groups is 2. The molecule has 116 valence electrons. The highest BCUT2D eigenvalue weighted by Crippen LogP contribution is 2.20. The van der Waals surface area contributed by atoms with Crippen molar-refractivity contribution in [2.75, 3.05) is 53.5 Å². The highest BCUT2D eigenvalue weighted by atomic mass is 16.5. The van der Waals surface area contributed by atoms with Crippen LogP contribution in [0.15, 0.2) is 0 Å². The van der Waals surface area contributed by atoms with Crippen LogP contribution in [0, 0.1) is 5.41 Å². The number of hydrogen-bond acceptors (Lipinski definition) is 4. The lowest BCUT2D eigenvalue weighted by atomic mass is 9.90. The molecule has 1 aliphatic heterocycles. The van der Waals surface area contributed by atoms with Gasteiger partial charge < -0.3 is 19.9 Å². The van der Waals surface area contributed by atoms with Gasteiger partial charge in [0.15, 0.2) is 0 Å². The molecule has 6 nitrogen and oxygen atoms in total. The van der Waals surface area contributed by atoms with Crippen LogP contribution < -0.4 is 5.32 Å². The summed E-state index contributed by atoms with van der Waals surface area (Å²) in [7, 11) is 3.66. The number of nitrogens with one attached hydrogen (secondary N) is 1. The van der Waals surface area contributed by atoms with Crippen LogP contribution in [0.5, 0.6) is 0 Å². The molecule has 6 heteroatoms. The number of rotatable bonds is 6. The van der Waals surface area contributed by atoms with Crippen molar-refractivity contribution in [1.29, 1.82) is 0 Å². The van der Waals surface area contributed by atoms with Crippen molar-refractivity contribution in [3.8, 4) is 0 Å². The summed E-state index contributed by atoms with van der Waals surface area (Å²) in [6, 6.07) is 0. The van der Waals surface area contributed by atoms with Crippen LogP contribution in [0.2, 0.25) is 0 Å². The van der Waals surface area contributed by atoms with Crippen molar-refractivity contribution >= 4 is 11.8 Å². The molecule has 1 fully saturated rings. The molecule has 1 aliphatic rings. The number of methoxy groups -OCH3 is 1. The number of hydrogen-bond donors (Lipinski definition) is 1. The van der Waals surface area contributed by atoms with E-state index in [1.165, 1.54) is 0 Å². The van der Waals surface area contributed by atoms with E-state index < -0.39 is 5.41 Å². The van der Waals surface area contributed by atoms with Gasteiger partial charge in [-0.15, -0.1) is 0 Å². The predicted molar refractivity (Wildman–Crippen MR) is 77.4 cm³/mol. The summed E-state index contributed by atoms with van der Waals surface area (Å²) in [4.78, 5) is 28.6. The molecular weight excluding hydrogens is 258 g/mol. The standard InChI is InChI=1S/C14H27N3O3/c1-14(2,12(18)15-6-5-11-20-4)13(19)17-9-7-16(3)8-10-17/h5-11H2,1-4H3,(H,15,18). The van der Waals surface area contributed by atoms with E-state index >= 15 is 0 Å². The van der Waals surface area contributed by atoms with Crippen LogP contribution in [0.3, 0.4) is 0 Å². The maximum Gasteiger partial charge on any atom is 0.237 e. The topological polar surface area (TPSA) is 61.9 Å². The maximum absolute atomic E-state index is 12.5. The van der Waals surface area contributed by atoms with Gasteiger partial charge in [-0.3, -0.25) is 9.59 Å². The third-order valence-electron chi connectivity index (χ3n) is 3.70. The molecule has 0 spiro atoms. The summed E-state index contributed by atoms with van der Waals surface area (Å²) in [5.74, 6) is -0.299. The normalized spacial score (nSPS) is 17.1. The quantitative estimate of drug-likeness (QED) is 0.548. The fraction of sp³-hybridized carbons (Fsp3) is 0.857. The first-order valence-corrected chi connectivity index (χ1v) is 7.14. The van der Waals surface area contributed by atoms with E-state index in [-0.39, 0.29) is 11.8 Å². The fourth-order valence-corrected chi connectivity index (χ4v) is 2.14. The van der Waals surface area contributed by atoms with E-state index in [2.05, 4.69) is 10.2 Å². The van der Waals surface area contributed by atoms with Gasteiger partial charge in [-0.2, -0.15) is 0 Å². The molecule has 0 aromatic heterocycles. The van der Waals surface area contributed by atoms with Gasteiger partial charge in [0.05, 0.1) is 0 Å². The number of amides is 2. The van der Waals surface area contributed by atoms with E-state index in [1.807, 2.05) is 7.05 Å². The Morgan fingerprint density at radius 3 is 2.35 bits per heavy atom. The van der Waals surface area contributed by atoms with Crippen molar-refractivity contribution in [3.05, 3.63) is 0 Å². The summed E-state index contributed by atoms with van der Waals surface area (Å²) in [6.07, 6.45) is 0.751. The molecular formula is C14H27N3O3. The molecule has 0 radical (unpaired) electrons. The maximum atomic E-state index is 12.5. The first-order valence-electron chi connectivity index (χ1n) is 7.14. The Morgan fingerprint density at radius 2 is 1.80 bits per heavy atom. The Morgan fingerprint density at radius 1 is 1.20 bits per heavy atom. The molecule has 2 amide bonds. The first-order chi connectivity index (χ1) is 9.39. The van der Waals surface area contributed by atoms with E-state index in [4.69, 9.17) is 4.74 Å². The molecule has 20 heavy (non-hydrogen) atoms. The van der Waals surface area contributed by atoms with E-state index in [1.54, 1.807) is 25.9 Å². The zero-order chi connectivity index (χ0) is 15.2. The second-order valence-electron chi connectivity index (χ2n) is 5.82. The Labute approximate surface area is 121 Å². The lowest BCUT2D eigenvalue weighted by molar-refractivity contribution is -0.149. The Kier molecular flexibility index (Phi) is 6.42. The van der Waals surface area contributed by atoms with Crippen LogP contribution in [0.25, 0.3) is 0 Å². The van der Waals surface area contributed by atoms with Gasteiger partial charge in [0, 0.05) is 46.4 Å². The van der Waals surface area contributed by atoms with Crippen LogP contribution >= 0.6 is 0 Å². The molecule has 0 aromatic rings. The van der Waals surface area contributed by atoms with Crippen molar-refractivity contribution in [1.82, 2.24) is 15.1 Å². The Bertz CT molecular complexity index is 337. The van der Waals surface area contributed by atoms with Gasteiger partial charge in [-0.05, 0) is 27.3 Å². The van der Waals surface area contributed by atoms with Gasteiger partial charge in [0.2, 0.25) is 11.8 Å². The zero-order valence-electron chi connectivity index (χ0n) is 13.1. The highest BCUT2D eigenvalue weighted by Gasteiger charge is 2.39. The molecule has 1 saturated heterocycles. The predicted octanol–water partition coefficient (Wildman–Crippen LogP) is -0.0607. The third kappa shape index (κ3) is 4.45. The molecule has 0 aliphatic carbocycles. The monoisotopic (exact) mass is 285 g/mol. The Hall–Kier alpha value is -1.14. The van der Waals surface area contributed by atoms with Crippen LogP contribution in [0.4, 0.5) is 0 Å². The minimum absolute atomic E-state index is 0.0881. The first kappa shape index (κ1) is 16.9. The molecule has 0 saturated carbocycles. The van der Waals surface area contributed by atoms with Crippen LogP contribution in [-0.2, 0) is 14.3 Å². The van der Waals surface area contributed by atoms with Gasteiger partial charge in [0.25, 0.3) is 0 Å². The van der Waals surface area contributed by atoms with E-state index in [0.29, 0.717) is 26.2 Å². The number of nitrogens with zero attached hydrogens (tertiary/aromatic N) is 2. The minimum atomic E-state index is -1.01. The second-order valence-corrected chi connectivity index (χ2v) is 5.82. The molecule has 1 N–H and O–H groups in total. The van der Waals surface area contributed by atoms with Gasteiger partial charge in [0.1, 0.15) is 5.41 Å². The summed E-state index contributed by atoms with van der Waals surface area (Å²) >= 11 is 0. The van der Waals surface area contributed by atoms with Crippen molar-refractivity contribution in [3.63, 3.8) is 0 Å². The summed E-state index contributed by atoms with van der Waals surface area (Å²) in [5, 5.41) is 2.81. The summed E-state index contributed by atoms with van der Waals surface area (Å²) in [5.41, 5.74) is -1.01. The summed E-state index contributed by atoms with van der Waals surface area (Å²) < 4.78 is 4.93. The zero-order valence-corrected chi connectivity index (χ0v) is 13.1. The average molecular weight is 285 g/mol. The molecule has 1 heterocycles. The number of ether oxygens (including phenoxy) is 1. The van der Waals surface area contributed by atoms with Crippen LogP contribution in [0.1, 0.15) is 20.3 Å². The second kappa shape index (κ2) is 7.59. The highest BCUT2D eigenvalue weighted by molar-refractivity contribution is 6.04. The molecule has 0 atom stereocenters. The van der Waals surface area contributed by atoms with E-state index in [0.717, 1.165) is 19.5 Å². The van der Waals surface area contributed by atoms with Gasteiger partial charge in [-0.25, -0.2) is 0 Å². The fourth-order valence-electron chi connectivity index (χ4n) is 2.14.